The minimum Gasteiger partial charge on any atom is -0.490 e. The minimum absolute atomic E-state index is 0.0959. The number of hydrazone groups is 1. The Labute approximate surface area is 171 Å². The molecule has 0 bridgehead atoms. The van der Waals surface area contributed by atoms with Crippen molar-refractivity contribution in [1.29, 1.82) is 0 Å². The van der Waals surface area contributed by atoms with Gasteiger partial charge < -0.3 is 9.47 Å². The van der Waals surface area contributed by atoms with E-state index in [0.29, 0.717) is 12.5 Å². The molecule has 2 rings (SSSR count). The van der Waals surface area contributed by atoms with Gasteiger partial charge in [0.05, 0.1) is 6.21 Å². The van der Waals surface area contributed by atoms with Gasteiger partial charge in [0, 0.05) is 5.54 Å². The molecule has 6 heteroatoms. The van der Waals surface area contributed by atoms with Gasteiger partial charge in [-0.3, -0.25) is 4.79 Å². The summed E-state index contributed by atoms with van der Waals surface area (Å²) in [6.45, 7) is 6.49. The van der Waals surface area contributed by atoms with E-state index in [2.05, 4.69) is 24.4 Å². The van der Waals surface area contributed by atoms with Gasteiger partial charge in [0.15, 0.2) is 6.61 Å². The molecule has 0 unspecified atom stereocenters. The van der Waals surface area contributed by atoms with Crippen molar-refractivity contribution in [3.8, 4) is 11.5 Å². The summed E-state index contributed by atoms with van der Waals surface area (Å²) < 4.78 is 11.1. The molecule has 0 heterocycles. The number of amides is 1. The van der Waals surface area contributed by atoms with Crippen molar-refractivity contribution in [2.45, 2.75) is 26.7 Å². The summed E-state index contributed by atoms with van der Waals surface area (Å²) >= 11 is 5.44. The molecule has 0 aromatic heterocycles. The van der Waals surface area contributed by atoms with E-state index in [1.165, 1.54) is 5.54 Å². The second kappa shape index (κ2) is 11.1. The summed E-state index contributed by atoms with van der Waals surface area (Å²) in [6, 6.07) is 13.3. The number of ether oxygens (including phenoxy) is 2. The van der Waals surface area contributed by atoms with E-state index in [9.17, 15) is 4.79 Å². The predicted molar refractivity (Wildman–Crippen MR) is 113 cm³/mol. The number of carbonyl (C=O) groups excluding carboxylic acids is 1. The Kier molecular flexibility index (Phi) is 8.56. The molecule has 0 aliphatic rings. The standard InChI is InChI=1S/C22H25ClN2O3/c1-16(2)20-10-5-17(3)13-21(20)28-15-22(26)25-24-14-18-6-8-19(9-7-18)27-12-4-11-23/h4-11,13-14,16H,12,15H2,1-3H3,(H,25,26)/b11-4+,24-14?. The smallest absolute Gasteiger partial charge is 0.277 e. The van der Waals surface area contributed by atoms with Gasteiger partial charge in [-0.05, 0) is 65.9 Å². The maximum atomic E-state index is 12.0. The molecule has 0 saturated heterocycles. The number of nitrogens with one attached hydrogen (secondary N) is 1. The quantitative estimate of drug-likeness (QED) is 0.486. The zero-order chi connectivity index (χ0) is 20.4. The molecule has 1 N–H and O–H groups in total. The van der Waals surface area contributed by atoms with Crippen LogP contribution in [0.15, 0.2) is 59.2 Å². The zero-order valence-electron chi connectivity index (χ0n) is 16.3. The van der Waals surface area contributed by atoms with Crippen LogP contribution in [0, 0.1) is 6.92 Å². The monoisotopic (exact) mass is 400 g/mol. The van der Waals surface area contributed by atoms with Gasteiger partial charge in [0.2, 0.25) is 0 Å². The topological polar surface area (TPSA) is 59.9 Å². The summed E-state index contributed by atoms with van der Waals surface area (Å²) in [5, 5.41) is 3.96. The Morgan fingerprint density at radius 2 is 1.93 bits per heavy atom. The number of benzene rings is 2. The molecule has 148 valence electrons. The van der Waals surface area contributed by atoms with Crippen molar-refractivity contribution in [3.63, 3.8) is 0 Å². The van der Waals surface area contributed by atoms with E-state index in [1.54, 1.807) is 12.3 Å². The average Bonchev–Trinajstić information content (AvgIpc) is 2.67. The lowest BCUT2D eigenvalue weighted by atomic mass is 10.0. The van der Waals surface area contributed by atoms with E-state index in [-0.39, 0.29) is 12.5 Å². The molecule has 0 saturated carbocycles. The van der Waals surface area contributed by atoms with Crippen LogP contribution in [0.2, 0.25) is 0 Å². The van der Waals surface area contributed by atoms with Crippen LogP contribution in [0.4, 0.5) is 0 Å². The van der Waals surface area contributed by atoms with Crippen LogP contribution in [0.25, 0.3) is 0 Å². The predicted octanol–water partition coefficient (Wildman–Crippen LogP) is 4.78. The van der Waals surface area contributed by atoms with Crippen LogP contribution in [0.1, 0.15) is 36.5 Å². The third-order valence-electron chi connectivity index (χ3n) is 3.87. The fourth-order valence-corrected chi connectivity index (χ4v) is 2.50. The molecule has 0 radical (unpaired) electrons. The van der Waals surface area contributed by atoms with Crippen molar-refractivity contribution in [1.82, 2.24) is 5.43 Å². The third-order valence-corrected chi connectivity index (χ3v) is 4.05. The summed E-state index contributed by atoms with van der Waals surface area (Å²) in [4.78, 5) is 12.0. The molecule has 0 aliphatic heterocycles. The highest BCUT2D eigenvalue weighted by Gasteiger charge is 2.10. The molecule has 0 fully saturated rings. The second-order valence-electron chi connectivity index (χ2n) is 6.52. The molecular formula is C22H25ClN2O3. The number of aryl methyl sites for hydroxylation is 1. The largest absolute Gasteiger partial charge is 0.490 e. The molecule has 0 spiro atoms. The molecule has 28 heavy (non-hydrogen) atoms. The fourth-order valence-electron chi connectivity index (χ4n) is 2.43. The highest BCUT2D eigenvalue weighted by Crippen LogP contribution is 2.27. The molecule has 0 aliphatic carbocycles. The van der Waals surface area contributed by atoms with Gasteiger partial charge in [-0.1, -0.05) is 37.6 Å². The Hall–Kier alpha value is -2.79. The molecule has 2 aromatic carbocycles. The van der Waals surface area contributed by atoms with Crippen LogP contribution < -0.4 is 14.9 Å². The molecule has 0 atom stereocenters. The second-order valence-corrected chi connectivity index (χ2v) is 6.77. The number of nitrogens with zero attached hydrogens (tertiary/aromatic N) is 1. The van der Waals surface area contributed by atoms with E-state index in [4.69, 9.17) is 21.1 Å². The number of halogens is 1. The highest BCUT2D eigenvalue weighted by molar-refractivity contribution is 6.25. The molecule has 1 amide bonds. The lowest BCUT2D eigenvalue weighted by Gasteiger charge is -2.14. The van der Waals surface area contributed by atoms with Crippen LogP contribution in [-0.4, -0.2) is 25.3 Å². The average molecular weight is 401 g/mol. The summed E-state index contributed by atoms with van der Waals surface area (Å²) in [6.07, 6.45) is 3.27. The maximum absolute atomic E-state index is 12.0. The number of hydrogen-bond donors (Lipinski definition) is 1. The van der Waals surface area contributed by atoms with Gasteiger partial charge in [0.25, 0.3) is 5.91 Å². The van der Waals surface area contributed by atoms with Crippen LogP contribution >= 0.6 is 11.6 Å². The molecular weight excluding hydrogens is 376 g/mol. The van der Waals surface area contributed by atoms with Gasteiger partial charge in [-0.2, -0.15) is 5.10 Å². The Morgan fingerprint density at radius 1 is 1.18 bits per heavy atom. The van der Waals surface area contributed by atoms with Crippen molar-refractivity contribution in [2.75, 3.05) is 13.2 Å². The van der Waals surface area contributed by atoms with Gasteiger partial charge in [-0.15, -0.1) is 0 Å². The Morgan fingerprint density at radius 3 is 2.61 bits per heavy atom. The first-order valence-electron chi connectivity index (χ1n) is 9.03. The summed E-state index contributed by atoms with van der Waals surface area (Å²) in [7, 11) is 0. The lowest BCUT2D eigenvalue weighted by Crippen LogP contribution is -2.25. The first-order valence-corrected chi connectivity index (χ1v) is 9.46. The number of carbonyl (C=O) groups is 1. The van der Waals surface area contributed by atoms with Gasteiger partial charge >= 0.3 is 0 Å². The number of hydrogen-bond acceptors (Lipinski definition) is 4. The normalized spacial score (nSPS) is 11.3. The first-order chi connectivity index (χ1) is 13.5. The fraction of sp³-hybridized carbons (Fsp3) is 0.273. The minimum atomic E-state index is -0.319. The first kappa shape index (κ1) is 21.5. The SMILES string of the molecule is Cc1ccc(C(C)C)c(OCC(=O)NN=Cc2ccc(OC/C=C/Cl)cc2)c1. The molecule has 5 nitrogen and oxygen atoms in total. The van der Waals surface area contributed by atoms with Crippen LogP contribution in [-0.2, 0) is 4.79 Å². The Bertz CT molecular complexity index is 830. The van der Waals surface area contributed by atoms with E-state index in [0.717, 1.165) is 28.2 Å². The third kappa shape index (κ3) is 7.08. The van der Waals surface area contributed by atoms with Crippen molar-refractivity contribution >= 4 is 23.7 Å². The number of rotatable bonds is 9. The summed E-state index contributed by atoms with van der Waals surface area (Å²) in [5.41, 5.74) is 6.88. The highest BCUT2D eigenvalue weighted by atomic mass is 35.5. The van der Waals surface area contributed by atoms with E-state index >= 15 is 0 Å². The lowest BCUT2D eigenvalue weighted by molar-refractivity contribution is -0.123. The van der Waals surface area contributed by atoms with Crippen molar-refractivity contribution in [2.24, 2.45) is 5.10 Å². The van der Waals surface area contributed by atoms with Crippen molar-refractivity contribution < 1.29 is 14.3 Å². The van der Waals surface area contributed by atoms with Crippen LogP contribution in [0.5, 0.6) is 11.5 Å². The maximum Gasteiger partial charge on any atom is 0.277 e. The Balaban J connectivity index is 1.83. The van der Waals surface area contributed by atoms with Gasteiger partial charge in [-0.25, -0.2) is 5.43 Å². The molecule has 2 aromatic rings. The van der Waals surface area contributed by atoms with Crippen molar-refractivity contribution in [3.05, 3.63) is 70.8 Å². The zero-order valence-corrected chi connectivity index (χ0v) is 17.1. The summed E-state index contributed by atoms with van der Waals surface area (Å²) in [5.74, 6) is 1.45. The van der Waals surface area contributed by atoms with E-state index < -0.39 is 0 Å². The van der Waals surface area contributed by atoms with Crippen LogP contribution in [0.3, 0.4) is 0 Å². The van der Waals surface area contributed by atoms with Gasteiger partial charge in [0.1, 0.15) is 18.1 Å². The van der Waals surface area contributed by atoms with E-state index in [1.807, 2.05) is 49.4 Å².